The fourth-order valence-corrected chi connectivity index (χ4v) is 2.72. The highest BCUT2D eigenvalue weighted by molar-refractivity contribution is 5.28. The van der Waals surface area contributed by atoms with E-state index in [2.05, 4.69) is 5.32 Å². The molecule has 0 bridgehead atoms. The van der Waals surface area contributed by atoms with Gasteiger partial charge in [0.05, 0.1) is 5.56 Å². The summed E-state index contributed by atoms with van der Waals surface area (Å²) in [6, 6.07) is 6.21. The zero-order valence-electron chi connectivity index (χ0n) is 10.4. The largest absolute Gasteiger partial charge is 0.416 e. The fraction of sp³-hybridized carbons (Fsp3) is 0.571. The molecular weight excluding hydrogens is 239 g/mol. The van der Waals surface area contributed by atoms with Crippen LogP contribution >= 0.6 is 0 Å². The molecule has 2 rings (SSSR count). The Morgan fingerprint density at radius 1 is 1.22 bits per heavy atom. The predicted octanol–water partition coefficient (Wildman–Crippen LogP) is 3.95. The maximum atomic E-state index is 12.7. The molecule has 1 N–H and O–H groups in total. The maximum Gasteiger partial charge on any atom is 0.416 e. The first-order chi connectivity index (χ1) is 8.50. The lowest BCUT2D eigenvalue weighted by molar-refractivity contribution is -0.137. The van der Waals surface area contributed by atoms with Gasteiger partial charge in [-0.2, -0.15) is 13.2 Å². The molecule has 0 aromatic heterocycles. The molecule has 4 heteroatoms. The summed E-state index contributed by atoms with van der Waals surface area (Å²) in [5, 5.41) is 3.23. The first kappa shape index (κ1) is 13.4. The van der Waals surface area contributed by atoms with Gasteiger partial charge in [-0.15, -0.1) is 0 Å². The minimum atomic E-state index is -4.24. The van der Waals surface area contributed by atoms with Gasteiger partial charge in [-0.3, -0.25) is 0 Å². The van der Waals surface area contributed by atoms with Gasteiger partial charge in [0.1, 0.15) is 0 Å². The maximum absolute atomic E-state index is 12.7. The summed E-state index contributed by atoms with van der Waals surface area (Å²) in [4.78, 5) is 0. The van der Waals surface area contributed by atoms with E-state index in [0.717, 1.165) is 37.3 Å². The van der Waals surface area contributed by atoms with Gasteiger partial charge >= 0.3 is 6.18 Å². The molecule has 0 amide bonds. The van der Waals surface area contributed by atoms with Crippen molar-refractivity contribution in [2.75, 3.05) is 7.05 Å². The third-order valence-corrected chi connectivity index (χ3v) is 3.77. The molecule has 0 saturated heterocycles. The quantitative estimate of drug-likeness (QED) is 0.845. The molecule has 0 radical (unpaired) electrons. The Kier molecular flexibility index (Phi) is 3.95. The average Bonchev–Trinajstić information content (AvgIpc) is 2.38. The van der Waals surface area contributed by atoms with Crippen LogP contribution < -0.4 is 5.32 Å². The van der Waals surface area contributed by atoms with E-state index in [1.165, 1.54) is 12.1 Å². The van der Waals surface area contributed by atoms with E-state index in [1.807, 2.05) is 13.1 Å². The average molecular weight is 257 g/mol. The minimum absolute atomic E-state index is 0.249. The van der Waals surface area contributed by atoms with Crippen LogP contribution in [0.5, 0.6) is 0 Å². The number of halogens is 3. The fourth-order valence-electron chi connectivity index (χ4n) is 2.72. The zero-order valence-corrected chi connectivity index (χ0v) is 10.4. The molecule has 1 fully saturated rings. The Balaban J connectivity index is 2.18. The van der Waals surface area contributed by atoms with Crippen LogP contribution in [-0.2, 0) is 6.18 Å². The Morgan fingerprint density at radius 3 is 2.67 bits per heavy atom. The Bertz CT molecular complexity index is 400. The van der Waals surface area contributed by atoms with Crippen molar-refractivity contribution in [2.24, 2.45) is 0 Å². The monoisotopic (exact) mass is 257 g/mol. The molecule has 1 aromatic rings. The molecule has 1 aliphatic carbocycles. The topological polar surface area (TPSA) is 12.0 Å². The minimum Gasteiger partial charge on any atom is -0.317 e. The Morgan fingerprint density at radius 2 is 2.00 bits per heavy atom. The van der Waals surface area contributed by atoms with E-state index < -0.39 is 11.7 Å². The van der Waals surface area contributed by atoms with Crippen molar-refractivity contribution >= 4 is 0 Å². The Labute approximate surface area is 105 Å². The van der Waals surface area contributed by atoms with Gasteiger partial charge in [0.25, 0.3) is 0 Å². The first-order valence-corrected chi connectivity index (χ1v) is 6.35. The lowest BCUT2D eigenvalue weighted by atomic mass is 9.81. The van der Waals surface area contributed by atoms with Crippen molar-refractivity contribution in [1.29, 1.82) is 0 Å². The SMILES string of the molecule is CNC1CCC[C@H](c2cccc(C(F)(F)F)c2)C1. The van der Waals surface area contributed by atoms with Crippen LogP contribution in [0.25, 0.3) is 0 Å². The normalized spacial score (nSPS) is 25.1. The van der Waals surface area contributed by atoms with Crippen molar-refractivity contribution < 1.29 is 13.2 Å². The molecule has 2 atom stereocenters. The van der Waals surface area contributed by atoms with Gasteiger partial charge in [-0.05, 0) is 43.9 Å². The van der Waals surface area contributed by atoms with Crippen LogP contribution in [0.4, 0.5) is 13.2 Å². The van der Waals surface area contributed by atoms with Crippen LogP contribution in [-0.4, -0.2) is 13.1 Å². The highest BCUT2D eigenvalue weighted by Crippen LogP contribution is 2.36. The lowest BCUT2D eigenvalue weighted by Crippen LogP contribution is -2.30. The predicted molar refractivity (Wildman–Crippen MR) is 65.5 cm³/mol. The number of rotatable bonds is 2. The molecular formula is C14H18F3N. The van der Waals surface area contributed by atoms with Crippen molar-refractivity contribution in [3.05, 3.63) is 35.4 Å². The van der Waals surface area contributed by atoms with Crippen LogP contribution in [0.2, 0.25) is 0 Å². The summed E-state index contributed by atoms with van der Waals surface area (Å²) in [5.41, 5.74) is 0.288. The molecule has 18 heavy (non-hydrogen) atoms. The second kappa shape index (κ2) is 5.31. The smallest absolute Gasteiger partial charge is 0.317 e. The molecule has 1 aromatic carbocycles. The highest BCUT2D eigenvalue weighted by Gasteiger charge is 2.31. The Hall–Kier alpha value is -1.03. The molecule has 1 aliphatic rings. The van der Waals surface area contributed by atoms with E-state index in [9.17, 15) is 13.2 Å². The standard InChI is InChI=1S/C14H18F3N/c1-18-13-7-3-5-11(9-13)10-4-2-6-12(8-10)14(15,16)17/h2,4,6,8,11,13,18H,3,5,7,9H2,1H3/t11-,13?/m0/s1. The number of hydrogen-bond acceptors (Lipinski definition) is 1. The molecule has 100 valence electrons. The lowest BCUT2D eigenvalue weighted by Gasteiger charge is -2.29. The van der Waals surface area contributed by atoms with Crippen LogP contribution in [0.3, 0.4) is 0 Å². The van der Waals surface area contributed by atoms with Crippen molar-refractivity contribution in [3.8, 4) is 0 Å². The molecule has 1 saturated carbocycles. The number of benzene rings is 1. The molecule has 1 nitrogen and oxygen atoms in total. The van der Waals surface area contributed by atoms with Gasteiger partial charge in [0, 0.05) is 6.04 Å². The number of alkyl halides is 3. The zero-order chi connectivity index (χ0) is 13.2. The van der Waals surface area contributed by atoms with E-state index in [-0.39, 0.29) is 5.92 Å². The van der Waals surface area contributed by atoms with Crippen molar-refractivity contribution in [2.45, 2.75) is 43.8 Å². The highest BCUT2D eigenvalue weighted by atomic mass is 19.4. The van der Waals surface area contributed by atoms with Gasteiger partial charge in [0.15, 0.2) is 0 Å². The van der Waals surface area contributed by atoms with Crippen LogP contribution in [0, 0.1) is 0 Å². The summed E-state index contributed by atoms with van der Waals surface area (Å²) in [6.45, 7) is 0. The molecule has 0 aliphatic heterocycles. The summed E-state index contributed by atoms with van der Waals surface area (Å²) >= 11 is 0. The number of nitrogens with one attached hydrogen (secondary N) is 1. The number of hydrogen-bond donors (Lipinski definition) is 1. The van der Waals surface area contributed by atoms with Crippen molar-refractivity contribution in [1.82, 2.24) is 5.32 Å². The van der Waals surface area contributed by atoms with Gasteiger partial charge in [0.2, 0.25) is 0 Å². The van der Waals surface area contributed by atoms with Crippen LogP contribution in [0.1, 0.15) is 42.7 Å². The van der Waals surface area contributed by atoms with E-state index >= 15 is 0 Å². The second-order valence-corrected chi connectivity index (χ2v) is 4.97. The summed E-state index contributed by atoms with van der Waals surface area (Å²) < 4.78 is 38.0. The molecule has 0 spiro atoms. The summed E-state index contributed by atoms with van der Waals surface area (Å²) in [7, 11) is 1.92. The summed E-state index contributed by atoms with van der Waals surface area (Å²) in [5.74, 6) is 0.249. The third kappa shape index (κ3) is 3.05. The van der Waals surface area contributed by atoms with Gasteiger partial charge in [-0.25, -0.2) is 0 Å². The van der Waals surface area contributed by atoms with Gasteiger partial charge < -0.3 is 5.32 Å². The van der Waals surface area contributed by atoms with E-state index in [0.29, 0.717) is 6.04 Å². The van der Waals surface area contributed by atoms with Gasteiger partial charge in [-0.1, -0.05) is 24.6 Å². The molecule has 0 heterocycles. The third-order valence-electron chi connectivity index (χ3n) is 3.77. The first-order valence-electron chi connectivity index (χ1n) is 6.35. The van der Waals surface area contributed by atoms with Crippen molar-refractivity contribution in [3.63, 3.8) is 0 Å². The van der Waals surface area contributed by atoms with E-state index in [1.54, 1.807) is 0 Å². The molecule has 1 unspecified atom stereocenters. The second-order valence-electron chi connectivity index (χ2n) is 4.97. The van der Waals surface area contributed by atoms with Crippen LogP contribution in [0.15, 0.2) is 24.3 Å². The van der Waals surface area contributed by atoms with E-state index in [4.69, 9.17) is 0 Å². The summed E-state index contributed by atoms with van der Waals surface area (Å²) in [6.07, 6.45) is -0.136.